The molecule has 0 saturated carbocycles. The maximum absolute atomic E-state index is 12.7. The Balaban J connectivity index is 1.56. The van der Waals surface area contributed by atoms with Crippen LogP contribution in [0.4, 0.5) is 5.82 Å². The second-order valence-electron chi connectivity index (χ2n) is 7.04. The summed E-state index contributed by atoms with van der Waals surface area (Å²) in [6.07, 6.45) is 3.73. The van der Waals surface area contributed by atoms with Crippen molar-refractivity contribution in [3.63, 3.8) is 0 Å². The summed E-state index contributed by atoms with van der Waals surface area (Å²) in [6.45, 7) is 4.35. The van der Waals surface area contributed by atoms with Crippen molar-refractivity contribution in [3.8, 4) is 0 Å². The van der Waals surface area contributed by atoms with Crippen molar-refractivity contribution in [2.75, 3.05) is 38.8 Å². The summed E-state index contributed by atoms with van der Waals surface area (Å²) in [6, 6.07) is 2.02. The Kier molecular flexibility index (Phi) is 5.86. The van der Waals surface area contributed by atoms with Crippen LogP contribution >= 0.6 is 0 Å². The highest BCUT2D eigenvalue weighted by Crippen LogP contribution is 2.21. The van der Waals surface area contributed by atoms with E-state index in [1.807, 2.05) is 36.9 Å². The monoisotopic (exact) mass is 348 g/mol. The van der Waals surface area contributed by atoms with E-state index in [1.54, 1.807) is 0 Å². The van der Waals surface area contributed by atoms with Gasteiger partial charge in [0.1, 0.15) is 6.10 Å². The largest absolute Gasteiger partial charge is 0.376 e. The topological polar surface area (TPSA) is 67.8 Å². The van der Waals surface area contributed by atoms with E-state index < -0.39 is 6.10 Å². The molecule has 7 heteroatoms. The normalized spacial score (nSPS) is 21.6. The minimum atomic E-state index is -0.449. The van der Waals surface area contributed by atoms with Crippen LogP contribution in [-0.2, 0) is 27.2 Å². The number of ether oxygens (including phenoxy) is 2. The Morgan fingerprint density at radius 2 is 2.28 bits per heavy atom. The standard InChI is InChI=1S/C18H28N4O3/c1-13(25-12-15-6-4-5-9-24-15)18(23)22-8-7-16-14(11-22)10-17(20-19-16)21(2)3/h10,13,15H,4-9,11-12H2,1-3H3/t13-,15-/m0/s1. The first-order valence-electron chi connectivity index (χ1n) is 9.09. The molecule has 0 radical (unpaired) electrons. The quantitative estimate of drug-likeness (QED) is 0.801. The van der Waals surface area contributed by atoms with Crippen LogP contribution in [-0.4, -0.2) is 67.1 Å². The number of rotatable bonds is 5. The van der Waals surface area contributed by atoms with Gasteiger partial charge in [-0.15, -0.1) is 5.10 Å². The number of carbonyl (C=O) groups excluding carboxylic acids is 1. The smallest absolute Gasteiger partial charge is 0.251 e. The van der Waals surface area contributed by atoms with E-state index in [1.165, 1.54) is 6.42 Å². The van der Waals surface area contributed by atoms with Gasteiger partial charge in [-0.3, -0.25) is 4.79 Å². The average molecular weight is 348 g/mol. The minimum absolute atomic E-state index is 0.0321. The molecule has 0 aromatic carbocycles. The molecule has 138 valence electrons. The average Bonchev–Trinajstić information content (AvgIpc) is 2.65. The van der Waals surface area contributed by atoms with Gasteiger partial charge in [-0.05, 0) is 37.8 Å². The minimum Gasteiger partial charge on any atom is -0.376 e. The summed E-state index contributed by atoms with van der Waals surface area (Å²) in [4.78, 5) is 16.5. The first kappa shape index (κ1) is 18.1. The Labute approximate surface area is 149 Å². The Hall–Kier alpha value is -1.73. The summed E-state index contributed by atoms with van der Waals surface area (Å²) in [5, 5.41) is 8.51. The van der Waals surface area contributed by atoms with Crippen molar-refractivity contribution in [3.05, 3.63) is 17.3 Å². The molecule has 2 atom stereocenters. The molecule has 1 fully saturated rings. The molecule has 2 aliphatic heterocycles. The zero-order valence-electron chi connectivity index (χ0n) is 15.4. The Morgan fingerprint density at radius 1 is 1.44 bits per heavy atom. The van der Waals surface area contributed by atoms with E-state index in [0.29, 0.717) is 19.7 Å². The highest BCUT2D eigenvalue weighted by molar-refractivity contribution is 5.80. The number of anilines is 1. The van der Waals surface area contributed by atoms with Gasteiger partial charge in [0, 0.05) is 40.2 Å². The van der Waals surface area contributed by atoms with E-state index in [4.69, 9.17) is 9.47 Å². The molecule has 0 N–H and O–H groups in total. The number of hydrogen-bond acceptors (Lipinski definition) is 6. The molecule has 0 unspecified atom stereocenters. The molecule has 3 rings (SSSR count). The van der Waals surface area contributed by atoms with Crippen molar-refractivity contribution in [1.29, 1.82) is 0 Å². The zero-order chi connectivity index (χ0) is 17.8. The lowest BCUT2D eigenvalue weighted by Crippen LogP contribution is -2.43. The lowest BCUT2D eigenvalue weighted by molar-refractivity contribution is -0.147. The molecule has 0 spiro atoms. The summed E-state index contributed by atoms with van der Waals surface area (Å²) in [7, 11) is 3.87. The number of fused-ring (bicyclic) bond motifs is 1. The van der Waals surface area contributed by atoms with E-state index >= 15 is 0 Å². The molecular formula is C18H28N4O3. The predicted octanol–water partition coefficient (Wildman–Crippen LogP) is 1.40. The molecule has 1 aromatic rings. The summed E-state index contributed by atoms with van der Waals surface area (Å²) < 4.78 is 11.5. The molecule has 3 heterocycles. The summed E-state index contributed by atoms with van der Waals surface area (Å²) >= 11 is 0. The van der Waals surface area contributed by atoms with Gasteiger partial charge in [0.2, 0.25) is 0 Å². The zero-order valence-corrected chi connectivity index (χ0v) is 15.4. The van der Waals surface area contributed by atoms with Crippen LogP contribution in [0.1, 0.15) is 37.4 Å². The van der Waals surface area contributed by atoms with Gasteiger partial charge in [-0.1, -0.05) is 0 Å². The van der Waals surface area contributed by atoms with Crippen LogP contribution < -0.4 is 4.90 Å². The Morgan fingerprint density at radius 3 is 3.00 bits per heavy atom. The number of hydrogen-bond donors (Lipinski definition) is 0. The van der Waals surface area contributed by atoms with E-state index in [9.17, 15) is 4.79 Å². The number of amides is 1. The highest BCUT2D eigenvalue weighted by Gasteiger charge is 2.27. The van der Waals surface area contributed by atoms with E-state index in [-0.39, 0.29) is 12.0 Å². The molecule has 7 nitrogen and oxygen atoms in total. The third-order valence-corrected chi connectivity index (χ3v) is 4.85. The van der Waals surface area contributed by atoms with Gasteiger partial charge in [0.25, 0.3) is 5.91 Å². The van der Waals surface area contributed by atoms with Crippen LogP contribution in [0.25, 0.3) is 0 Å². The lowest BCUT2D eigenvalue weighted by Gasteiger charge is -2.31. The maximum atomic E-state index is 12.7. The lowest BCUT2D eigenvalue weighted by atomic mass is 10.1. The van der Waals surface area contributed by atoms with Gasteiger partial charge in [0.05, 0.1) is 18.4 Å². The number of carbonyl (C=O) groups is 1. The molecule has 0 aliphatic carbocycles. The number of nitrogens with zero attached hydrogens (tertiary/aromatic N) is 4. The van der Waals surface area contributed by atoms with Crippen LogP contribution in [0.15, 0.2) is 6.07 Å². The molecule has 1 aromatic heterocycles. The van der Waals surface area contributed by atoms with Gasteiger partial charge in [-0.2, -0.15) is 5.10 Å². The highest BCUT2D eigenvalue weighted by atomic mass is 16.5. The van der Waals surface area contributed by atoms with Crippen molar-refractivity contribution < 1.29 is 14.3 Å². The summed E-state index contributed by atoms with van der Waals surface area (Å²) in [5.74, 6) is 0.844. The van der Waals surface area contributed by atoms with Gasteiger partial charge in [-0.25, -0.2) is 0 Å². The molecule has 1 saturated heterocycles. The second kappa shape index (κ2) is 8.10. The SMILES string of the molecule is C[C@H](OC[C@@H]1CCCCO1)C(=O)N1CCc2nnc(N(C)C)cc2C1. The van der Waals surface area contributed by atoms with Crippen molar-refractivity contribution in [2.24, 2.45) is 0 Å². The van der Waals surface area contributed by atoms with Gasteiger partial charge >= 0.3 is 0 Å². The Bertz CT molecular complexity index is 602. The third-order valence-electron chi connectivity index (χ3n) is 4.85. The van der Waals surface area contributed by atoms with Gasteiger partial charge < -0.3 is 19.3 Å². The first-order chi connectivity index (χ1) is 12.0. The van der Waals surface area contributed by atoms with E-state index in [2.05, 4.69) is 10.2 Å². The van der Waals surface area contributed by atoms with Crippen molar-refractivity contribution in [2.45, 2.75) is 51.4 Å². The summed E-state index contributed by atoms with van der Waals surface area (Å²) in [5.41, 5.74) is 2.06. The van der Waals surface area contributed by atoms with Crippen LogP contribution in [0.3, 0.4) is 0 Å². The predicted molar refractivity (Wildman–Crippen MR) is 94.5 cm³/mol. The second-order valence-corrected chi connectivity index (χ2v) is 7.04. The number of aromatic nitrogens is 2. The fraction of sp³-hybridized carbons (Fsp3) is 0.722. The van der Waals surface area contributed by atoms with Gasteiger partial charge in [0.15, 0.2) is 5.82 Å². The maximum Gasteiger partial charge on any atom is 0.251 e. The van der Waals surface area contributed by atoms with Crippen LogP contribution in [0, 0.1) is 0 Å². The fourth-order valence-electron chi connectivity index (χ4n) is 3.24. The van der Waals surface area contributed by atoms with Crippen LogP contribution in [0.5, 0.6) is 0 Å². The van der Waals surface area contributed by atoms with E-state index in [0.717, 1.165) is 42.9 Å². The first-order valence-corrected chi connectivity index (χ1v) is 9.09. The van der Waals surface area contributed by atoms with Crippen molar-refractivity contribution in [1.82, 2.24) is 15.1 Å². The van der Waals surface area contributed by atoms with Crippen LogP contribution in [0.2, 0.25) is 0 Å². The molecule has 25 heavy (non-hydrogen) atoms. The third kappa shape index (κ3) is 4.46. The molecule has 1 amide bonds. The molecular weight excluding hydrogens is 320 g/mol. The van der Waals surface area contributed by atoms with Crippen molar-refractivity contribution >= 4 is 11.7 Å². The fourth-order valence-corrected chi connectivity index (χ4v) is 3.24. The molecule has 2 aliphatic rings. The molecule has 0 bridgehead atoms.